The van der Waals surface area contributed by atoms with Crippen LogP contribution in [-0.2, 0) is 11.3 Å². The highest BCUT2D eigenvalue weighted by atomic mass is 79.9. The van der Waals surface area contributed by atoms with Crippen molar-refractivity contribution in [3.05, 3.63) is 27.2 Å². The van der Waals surface area contributed by atoms with Crippen LogP contribution in [-0.4, -0.2) is 46.8 Å². The van der Waals surface area contributed by atoms with Gasteiger partial charge in [-0.3, -0.25) is 4.90 Å². The number of morpholine rings is 1. The molecular formula is C14H17BrFN3OS. The van der Waals surface area contributed by atoms with E-state index in [-0.39, 0.29) is 11.9 Å². The molecule has 7 heteroatoms. The van der Waals surface area contributed by atoms with Gasteiger partial charge in [0.15, 0.2) is 4.77 Å². The Morgan fingerprint density at radius 1 is 1.52 bits per heavy atom. The first-order valence-corrected chi connectivity index (χ1v) is 8.20. The summed E-state index contributed by atoms with van der Waals surface area (Å²) in [7, 11) is 0. The first-order valence-electron chi connectivity index (χ1n) is 7.00. The van der Waals surface area contributed by atoms with Gasteiger partial charge in [-0.15, -0.1) is 0 Å². The summed E-state index contributed by atoms with van der Waals surface area (Å²) in [5.74, 6) is -0.294. The van der Waals surface area contributed by atoms with Crippen molar-refractivity contribution < 1.29 is 9.13 Å². The fourth-order valence-electron chi connectivity index (χ4n) is 2.71. The molecule has 1 aliphatic rings. The number of halogens is 2. The number of H-pyrrole nitrogens is 1. The first-order chi connectivity index (χ1) is 10.1. The number of fused-ring (bicyclic) bond motifs is 1. The zero-order chi connectivity index (χ0) is 15.0. The lowest BCUT2D eigenvalue weighted by Crippen LogP contribution is -2.43. The van der Waals surface area contributed by atoms with Gasteiger partial charge in [0.05, 0.1) is 34.8 Å². The number of hydrogen-bond acceptors (Lipinski definition) is 3. The maximum atomic E-state index is 13.6. The van der Waals surface area contributed by atoms with E-state index in [1.165, 1.54) is 6.07 Å². The Hall–Kier alpha value is -0.760. The Morgan fingerprint density at radius 2 is 2.33 bits per heavy atom. The molecule has 1 aliphatic heterocycles. The van der Waals surface area contributed by atoms with Crippen molar-refractivity contribution in [2.75, 3.05) is 26.2 Å². The lowest BCUT2D eigenvalue weighted by molar-refractivity contribution is -0.0339. The second-order valence-electron chi connectivity index (χ2n) is 5.21. The fraction of sp³-hybridized carbons (Fsp3) is 0.500. The second-order valence-corrected chi connectivity index (χ2v) is 6.45. The highest BCUT2D eigenvalue weighted by Crippen LogP contribution is 2.24. The van der Waals surface area contributed by atoms with Gasteiger partial charge in [0.2, 0.25) is 0 Å². The molecule has 0 spiro atoms. The Morgan fingerprint density at radius 3 is 3.10 bits per heavy atom. The maximum Gasteiger partial charge on any atom is 0.178 e. The van der Waals surface area contributed by atoms with Crippen LogP contribution < -0.4 is 0 Å². The molecule has 1 fully saturated rings. The number of hydrogen-bond donors (Lipinski definition) is 1. The molecule has 21 heavy (non-hydrogen) atoms. The Labute approximate surface area is 136 Å². The van der Waals surface area contributed by atoms with E-state index in [0.717, 1.165) is 31.8 Å². The number of likely N-dealkylation sites (N-methyl/N-ethyl adjacent to an activating group) is 1. The van der Waals surface area contributed by atoms with Crippen LogP contribution >= 0.6 is 28.1 Å². The molecule has 3 rings (SSSR count). The largest absolute Gasteiger partial charge is 0.374 e. The number of aromatic amines is 1. The molecule has 1 atom stereocenters. The van der Waals surface area contributed by atoms with Gasteiger partial charge in [0, 0.05) is 19.2 Å². The number of aromatic nitrogens is 2. The molecule has 114 valence electrons. The summed E-state index contributed by atoms with van der Waals surface area (Å²) in [6.07, 6.45) is 0.105. The Bertz CT molecular complexity index is 714. The van der Waals surface area contributed by atoms with Gasteiger partial charge in [-0.05, 0) is 40.8 Å². The number of benzene rings is 1. The average Bonchev–Trinajstić information content (AvgIpc) is 2.76. The summed E-state index contributed by atoms with van der Waals surface area (Å²) in [5.41, 5.74) is 1.61. The summed E-state index contributed by atoms with van der Waals surface area (Å²) < 4.78 is 22.5. The molecule has 2 heterocycles. The monoisotopic (exact) mass is 373 g/mol. The van der Waals surface area contributed by atoms with Gasteiger partial charge in [0.1, 0.15) is 5.82 Å². The van der Waals surface area contributed by atoms with E-state index in [0.29, 0.717) is 21.3 Å². The molecule has 0 saturated carbocycles. The van der Waals surface area contributed by atoms with E-state index in [9.17, 15) is 4.39 Å². The number of rotatable bonds is 3. The van der Waals surface area contributed by atoms with Crippen molar-refractivity contribution >= 4 is 39.2 Å². The van der Waals surface area contributed by atoms with Gasteiger partial charge >= 0.3 is 0 Å². The van der Waals surface area contributed by atoms with Gasteiger partial charge < -0.3 is 14.3 Å². The SMILES string of the molecule is CCN1CCOC(Cn2c(=S)[nH]c3cc(F)c(Br)cc32)C1. The van der Waals surface area contributed by atoms with Crippen LogP contribution in [0.2, 0.25) is 0 Å². The molecule has 0 radical (unpaired) electrons. The predicted molar refractivity (Wildman–Crippen MR) is 86.6 cm³/mol. The van der Waals surface area contributed by atoms with Crippen molar-refractivity contribution in [1.82, 2.24) is 14.5 Å². The first kappa shape index (κ1) is 15.1. The molecule has 2 aromatic rings. The smallest absolute Gasteiger partial charge is 0.178 e. The lowest BCUT2D eigenvalue weighted by atomic mass is 10.2. The van der Waals surface area contributed by atoms with Crippen LogP contribution in [0.5, 0.6) is 0 Å². The van der Waals surface area contributed by atoms with Crippen molar-refractivity contribution in [3.8, 4) is 0 Å². The van der Waals surface area contributed by atoms with E-state index in [1.807, 2.05) is 4.57 Å². The lowest BCUT2D eigenvalue weighted by Gasteiger charge is -2.32. The van der Waals surface area contributed by atoms with E-state index >= 15 is 0 Å². The van der Waals surface area contributed by atoms with Gasteiger partial charge in [0.25, 0.3) is 0 Å². The quantitative estimate of drug-likeness (QED) is 0.837. The maximum absolute atomic E-state index is 13.6. The van der Waals surface area contributed by atoms with E-state index in [1.54, 1.807) is 6.07 Å². The topological polar surface area (TPSA) is 33.2 Å². The standard InChI is InChI=1S/C14H17BrFN3OS/c1-2-18-3-4-20-9(7-18)8-19-13-5-10(15)11(16)6-12(13)17-14(19)21/h5-6,9H,2-4,7-8H2,1H3,(H,17,21). The van der Waals surface area contributed by atoms with Crippen LogP contribution in [0.4, 0.5) is 4.39 Å². The molecule has 4 nitrogen and oxygen atoms in total. The number of nitrogens with one attached hydrogen (secondary N) is 1. The summed E-state index contributed by atoms with van der Waals surface area (Å²) in [5, 5.41) is 0. The molecule has 1 aromatic heterocycles. The summed E-state index contributed by atoms with van der Waals surface area (Å²) in [6, 6.07) is 3.23. The molecule has 1 aromatic carbocycles. The molecule has 1 saturated heterocycles. The summed E-state index contributed by atoms with van der Waals surface area (Å²) >= 11 is 8.60. The van der Waals surface area contributed by atoms with Crippen molar-refractivity contribution in [2.24, 2.45) is 0 Å². The van der Waals surface area contributed by atoms with E-state index in [4.69, 9.17) is 17.0 Å². The number of nitrogens with zero attached hydrogens (tertiary/aromatic N) is 2. The molecule has 0 bridgehead atoms. The number of ether oxygens (including phenoxy) is 1. The third-order valence-corrected chi connectivity index (χ3v) is 4.80. The molecular weight excluding hydrogens is 357 g/mol. The van der Waals surface area contributed by atoms with Crippen LogP contribution in [0.25, 0.3) is 11.0 Å². The van der Waals surface area contributed by atoms with Crippen LogP contribution in [0.1, 0.15) is 6.92 Å². The predicted octanol–water partition coefficient (Wildman–Crippen LogP) is 3.32. The second kappa shape index (κ2) is 6.16. The van der Waals surface area contributed by atoms with Crippen molar-refractivity contribution in [3.63, 3.8) is 0 Å². The molecule has 0 aliphatic carbocycles. The molecule has 1 unspecified atom stereocenters. The Kier molecular flexibility index (Phi) is 4.44. The van der Waals surface area contributed by atoms with Crippen LogP contribution in [0, 0.1) is 10.6 Å². The van der Waals surface area contributed by atoms with E-state index < -0.39 is 0 Å². The summed E-state index contributed by atoms with van der Waals surface area (Å²) in [6.45, 7) is 6.46. The van der Waals surface area contributed by atoms with Crippen molar-refractivity contribution in [2.45, 2.75) is 19.6 Å². The molecule has 1 N–H and O–H groups in total. The number of imidazole rings is 1. The minimum absolute atomic E-state index is 0.105. The Balaban J connectivity index is 1.91. The van der Waals surface area contributed by atoms with Crippen LogP contribution in [0.3, 0.4) is 0 Å². The molecule has 0 amide bonds. The van der Waals surface area contributed by atoms with Gasteiger partial charge in [-0.25, -0.2) is 4.39 Å². The average molecular weight is 374 g/mol. The highest BCUT2D eigenvalue weighted by molar-refractivity contribution is 9.10. The summed E-state index contributed by atoms with van der Waals surface area (Å²) in [4.78, 5) is 5.42. The third kappa shape index (κ3) is 3.06. The highest BCUT2D eigenvalue weighted by Gasteiger charge is 2.21. The van der Waals surface area contributed by atoms with E-state index in [2.05, 4.69) is 32.7 Å². The van der Waals surface area contributed by atoms with Crippen LogP contribution in [0.15, 0.2) is 16.6 Å². The zero-order valence-corrected chi connectivity index (χ0v) is 14.1. The zero-order valence-electron chi connectivity index (χ0n) is 11.7. The minimum Gasteiger partial charge on any atom is -0.374 e. The normalized spacial score (nSPS) is 20.2. The van der Waals surface area contributed by atoms with Gasteiger partial charge in [-0.1, -0.05) is 6.92 Å². The fourth-order valence-corrected chi connectivity index (χ4v) is 3.33. The third-order valence-electron chi connectivity index (χ3n) is 3.87. The minimum atomic E-state index is -0.294. The van der Waals surface area contributed by atoms with Gasteiger partial charge in [-0.2, -0.15) is 0 Å². The van der Waals surface area contributed by atoms with Crippen molar-refractivity contribution in [1.29, 1.82) is 0 Å².